The first-order valence-corrected chi connectivity index (χ1v) is 5.78. The molecule has 0 atom stereocenters. The van der Waals surface area contributed by atoms with Crippen molar-refractivity contribution in [2.75, 3.05) is 5.73 Å². The minimum atomic E-state index is 0.575. The fourth-order valence-electron chi connectivity index (χ4n) is 1.93. The van der Waals surface area contributed by atoms with Crippen LogP contribution in [0.15, 0.2) is 42.9 Å². The maximum atomic E-state index is 6.10. The van der Waals surface area contributed by atoms with Gasteiger partial charge in [-0.15, -0.1) is 0 Å². The Balaban J connectivity index is 2.25. The number of hydrogen-bond donors (Lipinski definition) is 1. The maximum absolute atomic E-state index is 6.10. The van der Waals surface area contributed by atoms with Gasteiger partial charge in [-0.2, -0.15) is 15.3 Å². The highest BCUT2D eigenvalue weighted by Gasteiger charge is 2.18. The molecule has 0 spiro atoms. The van der Waals surface area contributed by atoms with Gasteiger partial charge in [-0.1, -0.05) is 6.07 Å². The van der Waals surface area contributed by atoms with Gasteiger partial charge >= 0.3 is 0 Å². The van der Waals surface area contributed by atoms with E-state index in [0.29, 0.717) is 5.82 Å². The van der Waals surface area contributed by atoms with Gasteiger partial charge in [-0.05, 0) is 18.2 Å². The van der Waals surface area contributed by atoms with Crippen LogP contribution in [-0.4, -0.2) is 25.0 Å². The molecule has 6 nitrogen and oxygen atoms in total. The number of aromatic nitrogens is 5. The molecule has 19 heavy (non-hydrogen) atoms. The van der Waals surface area contributed by atoms with E-state index >= 15 is 0 Å². The summed E-state index contributed by atoms with van der Waals surface area (Å²) in [6, 6.07) is 7.54. The second-order valence-corrected chi connectivity index (χ2v) is 4.08. The van der Waals surface area contributed by atoms with Gasteiger partial charge in [0.2, 0.25) is 0 Å². The molecule has 3 aromatic heterocycles. The van der Waals surface area contributed by atoms with E-state index in [1.807, 2.05) is 24.3 Å². The summed E-state index contributed by atoms with van der Waals surface area (Å²) in [6.07, 6.45) is 5.02. The number of rotatable bonds is 2. The van der Waals surface area contributed by atoms with E-state index in [1.165, 1.54) is 0 Å². The molecule has 94 valence electrons. The third-order valence-electron chi connectivity index (χ3n) is 2.87. The molecule has 0 amide bonds. The summed E-state index contributed by atoms with van der Waals surface area (Å²) in [5.41, 5.74) is 9.33. The van der Waals surface area contributed by atoms with E-state index in [1.54, 1.807) is 30.3 Å². The van der Waals surface area contributed by atoms with Crippen LogP contribution in [0.25, 0.3) is 22.5 Å². The van der Waals surface area contributed by atoms with Gasteiger partial charge in [0.25, 0.3) is 0 Å². The SMILES string of the molecule is Cn1nc(-c2ccnnc2)c(-c2ccccn2)c1N. The minimum Gasteiger partial charge on any atom is -0.383 e. The zero-order valence-corrected chi connectivity index (χ0v) is 10.4. The van der Waals surface area contributed by atoms with Gasteiger partial charge < -0.3 is 5.73 Å². The standard InChI is InChI=1S/C13H12N6/c1-19-13(14)11(10-4-2-3-6-15-10)12(18-19)9-5-7-16-17-8-9/h2-8H,14H2,1H3. The van der Waals surface area contributed by atoms with Crippen molar-refractivity contribution in [3.8, 4) is 22.5 Å². The first-order valence-electron chi connectivity index (χ1n) is 5.78. The van der Waals surface area contributed by atoms with E-state index < -0.39 is 0 Å². The number of nitrogens with two attached hydrogens (primary N) is 1. The smallest absolute Gasteiger partial charge is 0.131 e. The van der Waals surface area contributed by atoms with Gasteiger partial charge in [0.1, 0.15) is 11.5 Å². The van der Waals surface area contributed by atoms with E-state index in [-0.39, 0.29) is 0 Å². The molecule has 0 aliphatic rings. The number of nitrogen functional groups attached to an aromatic ring is 1. The molecule has 3 heterocycles. The van der Waals surface area contributed by atoms with Crippen molar-refractivity contribution in [3.05, 3.63) is 42.9 Å². The molecule has 0 saturated carbocycles. The highest BCUT2D eigenvalue weighted by molar-refractivity contribution is 5.86. The Morgan fingerprint density at radius 2 is 2.00 bits per heavy atom. The number of hydrogen-bond acceptors (Lipinski definition) is 5. The maximum Gasteiger partial charge on any atom is 0.131 e. The minimum absolute atomic E-state index is 0.575. The van der Waals surface area contributed by atoms with E-state index in [4.69, 9.17) is 5.73 Å². The van der Waals surface area contributed by atoms with Crippen molar-refractivity contribution in [1.29, 1.82) is 0 Å². The predicted octanol–water partition coefficient (Wildman–Crippen LogP) is 1.52. The van der Waals surface area contributed by atoms with Crippen molar-refractivity contribution in [2.45, 2.75) is 0 Å². The molecular formula is C13H12N6. The lowest BCUT2D eigenvalue weighted by molar-refractivity contribution is 0.782. The van der Waals surface area contributed by atoms with Gasteiger partial charge in [0.05, 0.1) is 23.7 Å². The average Bonchev–Trinajstić information content (AvgIpc) is 2.77. The molecule has 0 aliphatic heterocycles. The summed E-state index contributed by atoms with van der Waals surface area (Å²) in [4.78, 5) is 4.34. The van der Waals surface area contributed by atoms with Crippen LogP contribution >= 0.6 is 0 Å². The number of aryl methyl sites for hydroxylation is 1. The highest BCUT2D eigenvalue weighted by Crippen LogP contribution is 2.33. The van der Waals surface area contributed by atoms with E-state index in [2.05, 4.69) is 20.3 Å². The second-order valence-electron chi connectivity index (χ2n) is 4.08. The lowest BCUT2D eigenvalue weighted by atomic mass is 10.1. The third-order valence-corrected chi connectivity index (χ3v) is 2.87. The zero-order valence-electron chi connectivity index (χ0n) is 10.4. The predicted molar refractivity (Wildman–Crippen MR) is 71.9 cm³/mol. The fraction of sp³-hybridized carbons (Fsp3) is 0.0769. The normalized spacial score (nSPS) is 10.6. The largest absolute Gasteiger partial charge is 0.383 e. The Kier molecular flexibility index (Phi) is 2.68. The first-order chi connectivity index (χ1) is 9.27. The summed E-state index contributed by atoms with van der Waals surface area (Å²) in [6.45, 7) is 0. The Morgan fingerprint density at radius 3 is 2.68 bits per heavy atom. The van der Waals surface area contributed by atoms with Crippen LogP contribution in [0.5, 0.6) is 0 Å². The highest BCUT2D eigenvalue weighted by atomic mass is 15.3. The summed E-state index contributed by atoms with van der Waals surface area (Å²) in [7, 11) is 1.81. The van der Waals surface area contributed by atoms with Crippen molar-refractivity contribution < 1.29 is 0 Å². The third kappa shape index (κ3) is 1.93. The Bertz CT molecular complexity index is 690. The van der Waals surface area contributed by atoms with Gasteiger partial charge in [0.15, 0.2) is 0 Å². The topological polar surface area (TPSA) is 82.5 Å². The molecule has 0 unspecified atom stereocenters. The Morgan fingerprint density at radius 1 is 1.11 bits per heavy atom. The Labute approximate surface area is 109 Å². The monoisotopic (exact) mass is 252 g/mol. The number of anilines is 1. The van der Waals surface area contributed by atoms with Crippen molar-refractivity contribution in [3.63, 3.8) is 0 Å². The molecule has 0 aliphatic carbocycles. The van der Waals surface area contributed by atoms with Crippen molar-refractivity contribution in [2.24, 2.45) is 7.05 Å². The van der Waals surface area contributed by atoms with Crippen LogP contribution in [0.1, 0.15) is 0 Å². The fourth-order valence-corrected chi connectivity index (χ4v) is 1.93. The van der Waals surface area contributed by atoms with Crippen LogP contribution < -0.4 is 5.73 Å². The van der Waals surface area contributed by atoms with Crippen LogP contribution in [0.3, 0.4) is 0 Å². The molecule has 0 saturated heterocycles. The van der Waals surface area contributed by atoms with Crippen LogP contribution in [0, 0.1) is 0 Å². The molecule has 6 heteroatoms. The molecule has 3 aromatic rings. The summed E-state index contributed by atoms with van der Waals surface area (Å²) in [5.74, 6) is 0.575. The number of nitrogens with zero attached hydrogens (tertiary/aromatic N) is 5. The molecule has 0 radical (unpaired) electrons. The van der Waals surface area contributed by atoms with Gasteiger partial charge in [-0.25, -0.2) is 0 Å². The second kappa shape index (κ2) is 4.49. The van der Waals surface area contributed by atoms with Crippen LogP contribution in [-0.2, 0) is 7.05 Å². The van der Waals surface area contributed by atoms with Crippen molar-refractivity contribution >= 4 is 5.82 Å². The lowest BCUT2D eigenvalue weighted by Gasteiger charge is -2.02. The zero-order chi connectivity index (χ0) is 13.2. The Hall–Kier alpha value is -2.76. The van der Waals surface area contributed by atoms with Crippen LogP contribution in [0.2, 0.25) is 0 Å². The average molecular weight is 252 g/mol. The molecule has 0 aromatic carbocycles. The summed E-state index contributed by atoms with van der Waals surface area (Å²) in [5, 5.41) is 12.1. The van der Waals surface area contributed by atoms with E-state index in [9.17, 15) is 0 Å². The molecule has 0 bridgehead atoms. The molecule has 3 rings (SSSR count). The summed E-state index contributed by atoms with van der Waals surface area (Å²) >= 11 is 0. The van der Waals surface area contributed by atoms with Crippen molar-refractivity contribution in [1.82, 2.24) is 25.0 Å². The molecule has 2 N–H and O–H groups in total. The van der Waals surface area contributed by atoms with E-state index in [0.717, 1.165) is 22.5 Å². The quantitative estimate of drug-likeness (QED) is 0.747. The van der Waals surface area contributed by atoms with Crippen LogP contribution in [0.4, 0.5) is 5.82 Å². The van der Waals surface area contributed by atoms with Gasteiger partial charge in [0, 0.05) is 18.8 Å². The summed E-state index contributed by atoms with van der Waals surface area (Å²) < 4.78 is 1.64. The molecule has 0 fully saturated rings. The molecular weight excluding hydrogens is 240 g/mol. The van der Waals surface area contributed by atoms with Gasteiger partial charge in [-0.3, -0.25) is 9.67 Å². The first kappa shape index (κ1) is 11.3. The number of pyridine rings is 1. The lowest BCUT2D eigenvalue weighted by Crippen LogP contribution is -1.98.